The van der Waals surface area contributed by atoms with E-state index >= 15 is 0 Å². The number of likely N-dealkylation sites (N-methyl/N-ethyl adjacent to an activating group) is 1. The van der Waals surface area contributed by atoms with Crippen LogP contribution in [0, 0.1) is 5.82 Å². The highest BCUT2D eigenvalue weighted by molar-refractivity contribution is 6.32. The van der Waals surface area contributed by atoms with E-state index in [2.05, 4.69) is 0 Å². The molecule has 0 aromatic heterocycles. The van der Waals surface area contributed by atoms with E-state index < -0.39 is 5.82 Å². The number of benzene rings is 2. The quantitative estimate of drug-likeness (QED) is 0.793. The fraction of sp³-hybridized carbons (Fsp3) is 0.316. The van der Waals surface area contributed by atoms with Crippen molar-refractivity contribution in [1.82, 2.24) is 4.90 Å². The molecule has 5 nitrogen and oxygen atoms in total. The molecule has 0 saturated heterocycles. The van der Waals surface area contributed by atoms with Gasteiger partial charge in [0.1, 0.15) is 6.61 Å². The molecule has 0 bridgehead atoms. The second-order valence-electron chi connectivity index (χ2n) is 5.84. The van der Waals surface area contributed by atoms with E-state index in [-0.39, 0.29) is 18.3 Å². The summed E-state index contributed by atoms with van der Waals surface area (Å²) < 4.78 is 30.1. The predicted molar refractivity (Wildman–Crippen MR) is 95.9 cm³/mol. The Labute approximate surface area is 156 Å². The van der Waals surface area contributed by atoms with E-state index in [1.807, 2.05) is 0 Å². The Hall–Kier alpha value is -2.47. The van der Waals surface area contributed by atoms with Crippen LogP contribution in [0.15, 0.2) is 36.4 Å². The second kappa shape index (κ2) is 8.27. The summed E-state index contributed by atoms with van der Waals surface area (Å²) in [5, 5.41) is 0.337. The van der Waals surface area contributed by atoms with Crippen molar-refractivity contribution < 1.29 is 23.4 Å². The highest BCUT2D eigenvalue weighted by Gasteiger charge is 2.20. The smallest absolute Gasteiger partial charge is 0.253 e. The van der Waals surface area contributed by atoms with Crippen LogP contribution < -0.4 is 14.2 Å². The monoisotopic (exact) mass is 379 g/mol. The molecule has 1 amide bonds. The van der Waals surface area contributed by atoms with Gasteiger partial charge in [-0.1, -0.05) is 23.7 Å². The molecule has 3 rings (SSSR count). The number of carbonyl (C=O) groups is 1. The minimum absolute atomic E-state index is 0.159. The molecule has 0 saturated carbocycles. The van der Waals surface area contributed by atoms with Crippen molar-refractivity contribution in [1.29, 1.82) is 0 Å². The van der Waals surface area contributed by atoms with E-state index in [4.69, 9.17) is 25.8 Å². The van der Waals surface area contributed by atoms with E-state index in [1.54, 1.807) is 37.4 Å². The third kappa shape index (κ3) is 4.19. The highest BCUT2D eigenvalue weighted by Crippen LogP contribution is 2.38. The third-order valence-electron chi connectivity index (χ3n) is 3.92. The minimum Gasteiger partial charge on any atom is -0.489 e. The van der Waals surface area contributed by atoms with Crippen molar-refractivity contribution >= 4 is 17.5 Å². The summed E-state index contributed by atoms with van der Waals surface area (Å²) >= 11 is 6.23. The van der Waals surface area contributed by atoms with Gasteiger partial charge in [-0.2, -0.15) is 0 Å². The number of para-hydroxylation sites is 1. The number of hydrogen-bond donors (Lipinski definition) is 0. The van der Waals surface area contributed by atoms with E-state index in [0.29, 0.717) is 41.8 Å². The Bertz CT molecular complexity index is 799. The summed E-state index contributed by atoms with van der Waals surface area (Å²) in [5.74, 6) is 0.420. The van der Waals surface area contributed by atoms with Gasteiger partial charge in [0.05, 0.1) is 24.8 Å². The molecule has 1 aliphatic rings. The number of carbonyl (C=O) groups excluding carboxylic acids is 1. The van der Waals surface area contributed by atoms with Crippen molar-refractivity contribution in [2.75, 3.05) is 33.4 Å². The maximum atomic E-state index is 13.5. The topological polar surface area (TPSA) is 48.0 Å². The van der Waals surface area contributed by atoms with Gasteiger partial charge in [-0.25, -0.2) is 4.39 Å². The number of rotatable bonds is 5. The van der Waals surface area contributed by atoms with Crippen LogP contribution in [0.5, 0.6) is 17.2 Å². The number of amides is 1. The zero-order valence-electron chi connectivity index (χ0n) is 14.3. The van der Waals surface area contributed by atoms with Gasteiger partial charge in [0.2, 0.25) is 0 Å². The van der Waals surface area contributed by atoms with Crippen LogP contribution in [0.2, 0.25) is 5.02 Å². The largest absolute Gasteiger partial charge is 0.489 e. The van der Waals surface area contributed by atoms with Gasteiger partial charge < -0.3 is 19.1 Å². The molecule has 1 heterocycles. The lowest BCUT2D eigenvalue weighted by Gasteiger charge is -2.19. The molecule has 1 aliphatic heterocycles. The van der Waals surface area contributed by atoms with Crippen molar-refractivity contribution in [3.05, 3.63) is 52.8 Å². The molecule has 0 aliphatic carbocycles. The lowest BCUT2D eigenvalue weighted by atomic mass is 10.1. The van der Waals surface area contributed by atoms with Gasteiger partial charge in [0.25, 0.3) is 5.91 Å². The Balaban J connectivity index is 1.64. The fourth-order valence-corrected chi connectivity index (χ4v) is 2.80. The summed E-state index contributed by atoms with van der Waals surface area (Å²) in [5.41, 5.74) is 0.396. The Morgan fingerprint density at radius 1 is 1.27 bits per heavy atom. The van der Waals surface area contributed by atoms with Crippen LogP contribution in [0.3, 0.4) is 0 Å². The summed E-state index contributed by atoms with van der Waals surface area (Å²) in [4.78, 5) is 14.1. The number of nitrogens with zero attached hydrogens (tertiary/aromatic N) is 1. The first-order chi connectivity index (χ1) is 12.6. The first-order valence-corrected chi connectivity index (χ1v) is 8.66. The first kappa shape index (κ1) is 18.3. The van der Waals surface area contributed by atoms with Gasteiger partial charge in [-0.15, -0.1) is 0 Å². The first-order valence-electron chi connectivity index (χ1n) is 8.28. The number of ether oxygens (including phenoxy) is 3. The normalized spacial score (nSPS) is 13.0. The Kier molecular flexibility index (Phi) is 5.83. The SMILES string of the molecule is CN(CCOc1ccccc1F)C(=O)c1cc(Cl)c2c(c1)OCCCO2. The third-order valence-corrected chi connectivity index (χ3v) is 4.20. The van der Waals surface area contributed by atoms with Crippen LogP contribution in [0.4, 0.5) is 4.39 Å². The molecule has 0 spiro atoms. The van der Waals surface area contributed by atoms with Crippen molar-refractivity contribution in [3.63, 3.8) is 0 Å². The van der Waals surface area contributed by atoms with Crippen molar-refractivity contribution in [2.45, 2.75) is 6.42 Å². The summed E-state index contributed by atoms with van der Waals surface area (Å²) in [6.45, 7) is 1.49. The summed E-state index contributed by atoms with van der Waals surface area (Å²) in [7, 11) is 1.64. The molecule has 0 fully saturated rings. The van der Waals surface area contributed by atoms with Gasteiger partial charge in [0, 0.05) is 19.0 Å². The highest BCUT2D eigenvalue weighted by atomic mass is 35.5. The van der Waals surface area contributed by atoms with Gasteiger partial charge in [-0.3, -0.25) is 4.79 Å². The maximum Gasteiger partial charge on any atom is 0.253 e. The zero-order valence-corrected chi connectivity index (χ0v) is 15.1. The molecule has 138 valence electrons. The van der Waals surface area contributed by atoms with Crippen molar-refractivity contribution in [2.24, 2.45) is 0 Å². The number of hydrogen-bond acceptors (Lipinski definition) is 4. The molecule has 0 radical (unpaired) electrons. The molecule has 0 unspecified atom stereocenters. The van der Waals surface area contributed by atoms with Crippen LogP contribution in [0.1, 0.15) is 16.8 Å². The molecule has 7 heteroatoms. The molecule has 26 heavy (non-hydrogen) atoms. The minimum atomic E-state index is -0.434. The lowest BCUT2D eigenvalue weighted by molar-refractivity contribution is 0.0772. The Morgan fingerprint density at radius 3 is 2.85 bits per heavy atom. The van der Waals surface area contributed by atoms with Crippen LogP contribution >= 0.6 is 11.6 Å². The molecular weight excluding hydrogens is 361 g/mol. The molecule has 2 aromatic carbocycles. The fourth-order valence-electron chi connectivity index (χ4n) is 2.53. The lowest BCUT2D eigenvalue weighted by Crippen LogP contribution is -2.31. The van der Waals surface area contributed by atoms with E-state index in [9.17, 15) is 9.18 Å². The Morgan fingerprint density at radius 2 is 2.04 bits per heavy atom. The standard InChI is InChI=1S/C19H19ClFNO4/c1-22(7-10-25-16-6-3-2-5-15(16)21)19(23)13-11-14(20)18-17(12-13)24-8-4-9-26-18/h2-3,5-6,11-12H,4,7-10H2,1H3. The van der Waals surface area contributed by atoms with E-state index in [0.717, 1.165) is 6.42 Å². The molecular formula is C19H19ClFNO4. The number of fused-ring (bicyclic) bond motifs is 1. The second-order valence-corrected chi connectivity index (χ2v) is 6.25. The van der Waals surface area contributed by atoms with Gasteiger partial charge in [0.15, 0.2) is 23.1 Å². The summed E-state index contributed by atoms with van der Waals surface area (Å²) in [6.07, 6.45) is 0.752. The number of halogens is 2. The van der Waals surface area contributed by atoms with Gasteiger partial charge >= 0.3 is 0 Å². The maximum absolute atomic E-state index is 13.5. The molecule has 0 N–H and O–H groups in total. The zero-order chi connectivity index (χ0) is 18.5. The van der Waals surface area contributed by atoms with Gasteiger partial charge in [-0.05, 0) is 24.3 Å². The average molecular weight is 380 g/mol. The van der Waals surface area contributed by atoms with E-state index in [1.165, 1.54) is 11.0 Å². The van der Waals surface area contributed by atoms with Crippen LogP contribution in [-0.2, 0) is 0 Å². The predicted octanol–water partition coefficient (Wildman–Crippen LogP) is 3.79. The molecule has 0 atom stereocenters. The molecule has 2 aromatic rings. The van der Waals surface area contributed by atoms with Crippen LogP contribution in [-0.4, -0.2) is 44.2 Å². The average Bonchev–Trinajstić information content (AvgIpc) is 2.88. The van der Waals surface area contributed by atoms with Crippen molar-refractivity contribution in [3.8, 4) is 17.2 Å². The summed E-state index contributed by atoms with van der Waals surface area (Å²) in [6, 6.07) is 9.33. The van der Waals surface area contributed by atoms with Crippen LogP contribution in [0.25, 0.3) is 0 Å².